The van der Waals surface area contributed by atoms with Gasteiger partial charge < -0.3 is 5.32 Å². The topological polar surface area (TPSA) is 45.2 Å². The number of halogens is 1. The number of aromatic nitrogens is 1. The summed E-state index contributed by atoms with van der Waals surface area (Å²) in [6, 6.07) is 7.69. The van der Waals surface area contributed by atoms with Gasteiger partial charge in [0.25, 0.3) is 5.91 Å². The fourth-order valence-electron chi connectivity index (χ4n) is 2.75. The lowest BCUT2D eigenvalue weighted by molar-refractivity contribution is 0.0933. The van der Waals surface area contributed by atoms with Crippen LogP contribution in [-0.2, 0) is 0 Å². The van der Waals surface area contributed by atoms with Gasteiger partial charge >= 0.3 is 0 Å². The Labute approximate surface area is 139 Å². The van der Waals surface area contributed by atoms with E-state index in [1.165, 1.54) is 17.7 Å². The molecule has 1 atom stereocenters. The lowest BCUT2D eigenvalue weighted by Gasteiger charge is -2.26. The zero-order valence-electron chi connectivity index (χ0n) is 12.2. The number of carbonyl (C=O) groups is 1. The van der Waals surface area contributed by atoms with E-state index in [2.05, 4.69) is 32.7 Å². The summed E-state index contributed by atoms with van der Waals surface area (Å²) >= 11 is 7.65. The first kappa shape index (κ1) is 15.5. The molecule has 3 rings (SSSR count). The third-order valence-electron chi connectivity index (χ3n) is 3.86. The molecule has 0 aromatic carbocycles. The number of hydrogen-bond donors (Lipinski definition) is 1. The maximum atomic E-state index is 12.2. The van der Waals surface area contributed by atoms with Crippen LogP contribution in [0.5, 0.6) is 0 Å². The molecule has 1 fully saturated rings. The smallest absolute Gasteiger partial charge is 0.269 e. The summed E-state index contributed by atoms with van der Waals surface area (Å²) in [6.07, 6.45) is 4.01. The monoisotopic (exact) mass is 335 g/mol. The van der Waals surface area contributed by atoms with Gasteiger partial charge in [-0.25, -0.2) is 0 Å². The van der Waals surface area contributed by atoms with Crippen molar-refractivity contribution in [3.05, 3.63) is 51.4 Å². The largest absolute Gasteiger partial charge is 0.349 e. The highest BCUT2D eigenvalue weighted by Crippen LogP contribution is 2.27. The maximum Gasteiger partial charge on any atom is 0.269 e. The second-order valence-corrected chi connectivity index (χ2v) is 6.76. The molecule has 1 unspecified atom stereocenters. The highest BCUT2D eigenvalue weighted by Gasteiger charge is 2.24. The first-order valence-corrected chi connectivity index (χ1v) is 8.67. The lowest BCUT2D eigenvalue weighted by Crippen LogP contribution is -2.36. The number of nitrogens with one attached hydrogen (secondary N) is 1. The van der Waals surface area contributed by atoms with E-state index < -0.39 is 0 Å². The number of rotatable bonds is 5. The van der Waals surface area contributed by atoms with Crippen molar-refractivity contribution < 1.29 is 4.79 Å². The molecular weight excluding hydrogens is 318 g/mol. The zero-order chi connectivity index (χ0) is 15.4. The summed E-state index contributed by atoms with van der Waals surface area (Å²) in [7, 11) is 0. The summed E-state index contributed by atoms with van der Waals surface area (Å²) in [6.45, 7) is 2.77. The number of carbonyl (C=O) groups excluding carboxylic acids is 1. The number of hydrogen-bond acceptors (Lipinski definition) is 4. The number of likely N-dealkylation sites (tertiary alicyclic amines) is 1. The van der Waals surface area contributed by atoms with Crippen molar-refractivity contribution in [1.82, 2.24) is 15.2 Å². The predicted molar refractivity (Wildman–Crippen MR) is 89.4 cm³/mol. The molecule has 0 radical (unpaired) electrons. The summed E-state index contributed by atoms with van der Waals surface area (Å²) in [4.78, 5) is 20.0. The standard InChI is InChI=1S/C16H18ClN3OS/c17-12-5-6-18-13(10-12)16(21)19-11-14(15-4-3-9-22-15)20-7-1-2-8-20/h3-6,9-10,14H,1-2,7-8,11H2,(H,19,21). The van der Waals surface area contributed by atoms with E-state index in [0.717, 1.165) is 13.1 Å². The Kier molecular flexibility index (Phi) is 5.08. The third-order valence-corrected chi connectivity index (χ3v) is 5.07. The van der Waals surface area contributed by atoms with Crippen LogP contribution in [0.15, 0.2) is 35.8 Å². The van der Waals surface area contributed by atoms with E-state index in [-0.39, 0.29) is 11.9 Å². The van der Waals surface area contributed by atoms with Gasteiger partial charge in [0, 0.05) is 22.6 Å². The zero-order valence-corrected chi connectivity index (χ0v) is 13.7. The molecule has 4 nitrogen and oxygen atoms in total. The summed E-state index contributed by atoms with van der Waals surface area (Å²) in [5.74, 6) is -0.178. The van der Waals surface area contributed by atoms with E-state index in [1.807, 2.05) is 0 Å². The van der Waals surface area contributed by atoms with Crippen molar-refractivity contribution in [3.8, 4) is 0 Å². The van der Waals surface area contributed by atoms with Crippen LogP contribution in [0.2, 0.25) is 5.02 Å². The molecular formula is C16H18ClN3OS. The Balaban J connectivity index is 1.67. The van der Waals surface area contributed by atoms with Gasteiger partial charge in [-0.3, -0.25) is 14.7 Å². The van der Waals surface area contributed by atoms with Crippen molar-refractivity contribution in [3.63, 3.8) is 0 Å². The summed E-state index contributed by atoms with van der Waals surface area (Å²) in [5.41, 5.74) is 0.360. The minimum Gasteiger partial charge on any atom is -0.349 e. The van der Waals surface area contributed by atoms with Gasteiger partial charge in [-0.15, -0.1) is 11.3 Å². The van der Waals surface area contributed by atoms with Crippen molar-refractivity contribution in [2.45, 2.75) is 18.9 Å². The van der Waals surface area contributed by atoms with Crippen molar-refractivity contribution in [1.29, 1.82) is 0 Å². The molecule has 116 valence electrons. The van der Waals surface area contributed by atoms with Crippen LogP contribution in [0.3, 0.4) is 0 Å². The Morgan fingerprint density at radius 1 is 1.41 bits per heavy atom. The molecule has 1 aliphatic rings. The van der Waals surface area contributed by atoms with Gasteiger partial charge in [0.2, 0.25) is 0 Å². The number of thiophene rings is 1. The summed E-state index contributed by atoms with van der Waals surface area (Å²) in [5, 5.41) is 5.60. The molecule has 0 spiro atoms. The van der Waals surface area contributed by atoms with Crippen LogP contribution >= 0.6 is 22.9 Å². The fraction of sp³-hybridized carbons (Fsp3) is 0.375. The Hall–Kier alpha value is -1.43. The SMILES string of the molecule is O=C(NCC(c1cccs1)N1CCCC1)c1cc(Cl)ccn1. The lowest BCUT2D eigenvalue weighted by atomic mass is 10.2. The number of amides is 1. The quantitative estimate of drug-likeness (QED) is 0.911. The van der Waals surface area contributed by atoms with Crippen LogP contribution in [0.25, 0.3) is 0 Å². The molecule has 0 bridgehead atoms. The van der Waals surface area contributed by atoms with Gasteiger partial charge in [-0.05, 0) is 49.5 Å². The molecule has 0 saturated carbocycles. The molecule has 6 heteroatoms. The van der Waals surface area contributed by atoms with Crippen molar-refractivity contribution in [2.24, 2.45) is 0 Å². The Bertz CT molecular complexity index is 626. The summed E-state index contributed by atoms with van der Waals surface area (Å²) < 4.78 is 0. The van der Waals surface area contributed by atoms with Crippen LogP contribution in [0.1, 0.15) is 34.2 Å². The van der Waals surface area contributed by atoms with Crippen molar-refractivity contribution in [2.75, 3.05) is 19.6 Å². The normalized spacial score (nSPS) is 16.6. The minimum absolute atomic E-state index is 0.178. The maximum absolute atomic E-state index is 12.2. The first-order valence-electron chi connectivity index (χ1n) is 7.41. The molecule has 1 N–H and O–H groups in total. The molecule has 2 aromatic heterocycles. The molecule has 1 amide bonds. The van der Waals surface area contributed by atoms with Crippen LogP contribution in [0.4, 0.5) is 0 Å². The second kappa shape index (κ2) is 7.22. The van der Waals surface area contributed by atoms with Crippen LogP contribution in [0, 0.1) is 0 Å². The average molecular weight is 336 g/mol. The van der Waals surface area contributed by atoms with E-state index in [9.17, 15) is 4.79 Å². The van der Waals surface area contributed by atoms with E-state index in [4.69, 9.17) is 11.6 Å². The molecule has 2 aromatic rings. The van der Waals surface area contributed by atoms with Crippen LogP contribution in [-0.4, -0.2) is 35.4 Å². The highest BCUT2D eigenvalue weighted by atomic mass is 35.5. The van der Waals surface area contributed by atoms with Crippen molar-refractivity contribution >= 4 is 28.8 Å². The molecule has 22 heavy (non-hydrogen) atoms. The highest BCUT2D eigenvalue weighted by molar-refractivity contribution is 7.10. The third kappa shape index (κ3) is 3.66. The molecule has 1 saturated heterocycles. The first-order chi connectivity index (χ1) is 10.7. The molecule has 3 heterocycles. The van der Waals surface area contributed by atoms with Gasteiger partial charge in [0.05, 0.1) is 6.04 Å². The van der Waals surface area contributed by atoms with Gasteiger partial charge in [0.15, 0.2) is 0 Å². The molecule has 0 aliphatic carbocycles. The Morgan fingerprint density at radius 3 is 2.91 bits per heavy atom. The second-order valence-electron chi connectivity index (χ2n) is 5.34. The average Bonchev–Trinajstić information content (AvgIpc) is 3.21. The number of nitrogens with zero attached hydrogens (tertiary/aromatic N) is 2. The van der Waals surface area contributed by atoms with Gasteiger partial charge in [0.1, 0.15) is 5.69 Å². The van der Waals surface area contributed by atoms with Crippen LogP contribution < -0.4 is 5.32 Å². The van der Waals surface area contributed by atoms with E-state index >= 15 is 0 Å². The minimum atomic E-state index is -0.178. The van der Waals surface area contributed by atoms with E-state index in [0.29, 0.717) is 17.3 Å². The number of pyridine rings is 1. The van der Waals surface area contributed by atoms with Gasteiger partial charge in [-0.1, -0.05) is 17.7 Å². The predicted octanol–water partition coefficient (Wildman–Crippen LogP) is 3.36. The molecule has 1 aliphatic heterocycles. The fourth-order valence-corrected chi connectivity index (χ4v) is 3.77. The van der Waals surface area contributed by atoms with Gasteiger partial charge in [-0.2, -0.15) is 0 Å². The van der Waals surface area contributed by atoms with E-state index in [1.54, 1.807) is 29.7 Å². The Morgan fingerprint density at radius 2 is 2.23 bits per heavy atom.